The van der Waals surface area contributed by atoms with Crippen molar-refractivity contribution in [3.8, 4) is 10.6 Å². The molecule has 0 fully saturated rings. The van der Waals surface area contributed by atoms with E-state index >= 15 is 0 Å². The SMILES string of the molecule is Cc1cccc(C(C)C)c1NC(=O)c1cc(-c2cccs2)nc2onc(C)c12. The Morgan fingerprint density at radius 1 is 1.18 bits per heavy atom. The van der Waals surface area contributed by atoms with E-state index in [1.165, 1.54) is 0 Å². The van der Waals surface area contributed by atoms with Gasteiger partial charge in [-0.2, -0.15) is 0 Å². The molecule has 1 amide bonds. The molecule has 0 atom stereocenters. The van der Waals surface area contributed by atoms with Crippen molar-refractivity contribution in [2.45, 2.75) is 33.6 Å². The predicted octanol–water partition coefficient (Wildman–Crippen LogP) is 5.94. The van der Waals surface area contributed by atoms with Crippen LogP contribution in [0.3, 0.4) is 0 Å². The first kappa shape index (κ1) is 18.4. The number of pyridine rings is 1. The van der Waals surface area contributed by atoms with E-state index < -0.39 is 0 Å². The van der Waals surface area contributed by atoms with E-state index in [4.69, 9.17) is 4.52 Å². The van der Waals surface area contributed by atoms with Gasteiger partial charge >= 0.3 is 0 Å². The topological polar surface area (TPSA) is 68.0 Å². The number of aryl methyl sites for hydroxylation is 2. The summed E-state index contributed by atoms with van der Waals surface area (Å²) in [4.78, 5) is 18.9. The van der Waals surface area contributed by atoms with Crippen LogP contribution in [0.1, 0.15) is 46.9 Å². The Balaban J connectivity index is 1.83. The maximum Gasteiger partial charge on any atom is 0.259 e. The quantitative estimate of drug-likeness (QED) is 0.467. The van der Waals surface area contributed by atoms with Crippen molar-refractivity contribution in [3.63, 3.8) is 0 Å². The second-order valence-electron chi connectivity index (χ2n) is 7.13. The molecule has 3 aromatic heterocycles. The minimum atomic E-state index is -0.187. The fourth-order valence-electron chi connectivity index (χ4n) is 3.35. The number of nitrogens with zero attached hydrogens (tertiary/aromatic N) is 2. The van der Waals surface area contributed by atoms with Gasteiger partial charge in [0.25, 0.3) is 11.6 Å². The second-order valence-corrected chi connectivity index (χ2v) is 8.08. The van der Waals surface area contributed by atoms with Gasteiger partial charge in [-0.1, -0.05) is 43.3 Å². The van der Waals surface area contributed by atoms with Crippen molar-refractivity contribution >= 4 is 34.0 Å². The number of fused-ring (bicyclic) bond motifs is 1. The number of hydrogen-bond acceptors (Lipinski definition) is 5. The van der Waals surface area contributed by atoms with Gasteiger partial charge in [-0.15, -0.1) is 11.3 Å². The van der Waals surface area contributed by atoms with Gasteiger partial charge in [-0.25, -0.2) is 4.98 Å². The lowest BCUT2D eigenvalue weighted by Crippen LogP contribution is -2.15. The largest absolute Gasteiger partial charge is 0.335 e. The summed E-state index contributed by atoms with van der Waals surface area (Å²) in [6, 6.07) is 11.8. The normalized spacial score (nSPS) is 11.3. The van der Waals surface area contributed by atoms with Gasteiger partial charge in [0.15, 0.2) is 0 Å². The molecule has 6 heteroatoms. The van der Waals surface area contributed by atoms with Gasteiger partial charge in [0.2, 0.25) is 0 Å². The van der Waals surface area contributed by atoms with Crippen LogP contribution < -0.4 is 5.32 Å². The Hall–Kier alpha value is -2.99. The predicted molar refractivity (Wildman–Crippen MR) is 113 cm³/mol. The van der Waals surface area contributed by atoms with Crippen LogP contribution in [0.4, 0.5) is 5.69 Å². The molecule has 0 unspecified atom stereocenters. The average Bonchev–Trinajstić information content (AvgIpc) is 3.33. The highest BCUT2D eigenvalue weighted by Crippen LogP contribution is 2.32. The van der Waals surface area contributed by atoms with E-state index in [2.05, 4.69) is 35.4 Å². The standard InChI is InChI=1S/C22H21N3O2S/c1-12(2)15-8-5-7-13(3)20(15)24-21(26)16-11-17(18-9-6-10-28-18)23-22-19(16)14(4)25-27-22/h5-12H,1-4H3,(H,24,26). The van der Waals surface area contributed by atoms with Crippen molar-refractivity contribution in [1.82, 2.24) is 10.1 Å². The molecular formula is C22H21N3O2S. The number of para-hydroxylation sites is 1. The molecule has 5 nitrogen and oxygen atoms in total. The van der Waals surface area contributed by atoms with Crippen molar-refractivity contribution in [2.24, 2.45) is 0 Å². The summed E-state index contributed by atoms with van der Waals surface area (Å²) >= 11 is 1.57. The van der Waals surface area contributed by atoms with Crippen molar-refractivity contribution < 1.29 is 9.32 Å². The average molecular weight is 391 g/mol. The van der Waals surface area contributed by atoms with Crippen LogP contribution in [-0.4, -0.2) is 16.0 Å². The molecule has 28 heavy (non-hydrogen) atoms. The van der Waals surface area contributed by atoms with Crippen molar-refractivity contribution in [1.29, 1.82) is 0 Å². The molecule has 142 valence electrons. The highest BCUT2D eigenvalue weighted by Gasteiger charge is 2.21. The molecule has 0 radical (unpaired) electrons. The lowest BCUT2D eigenvalue weighted by Gasteiger charge is -2.17. The first-order chi connectivity index (χ1) is 13.5. The molecule has 3 heterocycles. The summed E-state index contributed by atoms with van der Waals surface area (Å²) in [7, 11) is 0. The van der Waals surface area contributed by atoms with Crippen LogP contribution in [0, 0.1) is 13.8 Å². The van der Waals surface area contributed by atoms with E-state index in [0.717, 1.165) is 21.7 Å². The lowest BCUT2D eigenvalue weighted by molar-refractivity contribution is 0.102. The van der Waals surface area contributed by atoms with Crippen molar-refractivity contribution in [3.05, 3.63) is 64.2 Å². The molecule has 1 aromatic carbocycles. The van der Waals surface area contributed by atoms with E-state index in [1.54, 1.807) is 11.3 Å². The number of nitrogens with one attached hydrogen (secondary N) is 1. The Morgan fingerprint density at radius 3 is 2.71 bits per heavy atom. The van der Waals surface area contributed by atoms with Gasteiger partial charge in [0, 0.05) is 5.69 Å². The number of thiophene rings is 1. The zero-order chi connectivity index (χ0) is 19.8. The molecule has 0 saturated heterocycles. The highest BCUT2D eigenvalue weighted by atomic mass is 32.1. The highest BCUT2D eigenvalue weighted by molar-refractivity contribution is 7.13. The van der Waals surface area contributed by atoms with Crippen molar-refractivity contribution in [2.75, 3.05) is 5.32 Å². The Labute approximate surface area is 167 Å². The van der Waals surface area contributed by atoms with E-state index in [0.29, 0.717) is 34.0 Å². The maximum absolute atomic E-state index is 13.3. The van der Waals surface area contributed by atoms with Crippen LogP contribution in [0.15, 0.2) is 46.3 Å². The third kappa shape index (κ3) is 3.20. The van der Waals surface area contributed by atoms with Gasteiger partial charge in [-0.05, 0) is 48.4 Å². The summed E-state index contributed by atoms with van der Waals surface area (Å²) in [5, 5.41) is 9.77. The first-order valence-corrected chi connectivity index (χ1v) is 10.1. The summed E-state index contributed by atoms with van der Waals surface area (Å²) in [6.45, 7) is 8.07. The monoisotopic (exact) mass is 391 g/mol. The number of benzene rings is 1. The van der Waals surface area contributed by atoms with Crippen LogP contribution in [-0.2, 0) is 0 Å². The van der Waals surface area contributed by atoms with E-state index in [9.17, 15) is 4.79 Å². The van der Waals surface area contributed by atoms with Gasteiger partial charge in [-0.3, -0.25) is 4.79 Å². The molecule has 4 aromatic rings. The smallest absolute Gasteiger partial charge is 0.259 e. The Bertz CT molecular complexity index is 1160. The minimum Gasteiger partial charge on any atom is -0.335 e. The number of carbonyl (C=O) groups is 1. The molecule has 0 aliphatic carbocycles. The lowest BCUT2D eigenvalue weighted by atomic mass is 9.97. The summed E-state index contributed by atoms with van der Waals surface area (Å²) < 4.78 is 5.38. The van der Waals surface area contributed by atoms with Crippen LogP contribution in [0.2, 0.25) is 0 Å². The number of carbonyl (C=O) groups excluding carboxylic acids is 1. The molecular weight excluding hydrogens is 370 g/mol. The molecule has 0 spiro atoms. The molecule has 0 aliphatic rings. The van der Waals surface area contributed by atoms with Crippen LogP contribution in [0.5, 0.6) is 0 Å². The third-order valence-electron chi connectivity index (χ3n) is 4.80. The zero-order valence-corrected chi connectivity index (χ0v) is 17.1. The third-order valence-corrected chi connectivity index (χ3v) is 5.69. The van der Waals surface area contributed by atoms with Gasteiger partial charge < -0.3 is 9.84 Å². The van der Waals surface area contributed by atoms with Crippen LogP contribution in [0.25, 0.3) is 21.7 Å². The Morgan fingerprint density at radius 2 is 2.00 bits per heavy atom. The molecule has 0 bridgehead atoms. The summed E-state index contributed by atoms with van der Waals surface area (Å²) in [5.74, 6) is 0.111. The number of aromatic nitrogens is 2. The first-order valence-electron chi connectivity index (χ1n) is 9.17. The minimum absolute atomic E-state index is 0.187. The molecule has 0 aliphatic heterocycles. The molecule has 0 saturated carbocycles. The summed E-state index contributed by atoms with van der Waals surface area (Å²) in [6.07, 6.45) is 0. The molecule has 1 N–H and O–H groups in total. The van der Waals surface area contributed by atoms with Gasteiger partial charge in [0.05, 0.1) is 27.2 Å². The van der Waals surface area contributed by atoms with Gasteiger partial charge in [0.1, 0.15) is 0 Å². The zero-order valence-electron chi connectivity index (χ0n) is 16.2. The number of amides is 1. The summed E-state index contributed by atoms with van der Waals surface area (Å²) in [5.41, 5.74) is 5.26. The van der Waals surface area contributed by atoms with E-state index in [-0.39, 0.29) is 5.91 Å². The number of hydrogen-bond donors (Lipinski definition) is 1. The fraction of sp³-hybridized carbons (Fsp3) is 0.227. The number of anilines is 1. The maximum atomic E-state index is 13.3. The molecule has 4 rings (SSSR count). The Kier molecular flexibility index (Phi) is 4.73. The van der Waals surface area contributed by atoms with Crippen LogP contribution >= 0.6 is 11.3 Å². The fourth-order valence-corrected chi connectivity index (χ4v) is 4.03. The number of rotatable bonds is 4. The second kappa shape index (κ2) is 7.20. The van der Waals surface area contributed by atoms with E-state index in [1.807, 2.05) is 49.6 Å².